The van der Waals surface area contributed by atoms with Crippen molar-refractivity contribution in [2.75, 3.05) is 27.3 Å². The largest absolute Gasteiger partial charge is 0.460 e. The Kier molecular flexibility index (Phi) is 7.98. The smallest absolute Gasteiger partial charge is 0.331 e. The van der Waals surface area contributed by atoms with Gasteiger partial charge >= 0.3 is 11.9 Å². The predicted octanol–water partition coefficient (Wildman–Crippen LogP) is 1.42. The van der Waals surface area contributed by atoms with Gasteiger partial charge in [0.15, 0.2) is 35.4 Å². The quantitative estimate of drug-likeness (QED) is 0.367. The molecule has 1 fully saturated rings. The van der Waals surface area contributed by atoms with Crippen LogP contribution in [0.5, 0.6) is 23.0 Å². The van der Waals surface area contributed by atoms with Crippen molar-refractivity contribution in [2.24, 2.45) is 0 Å². The van der Waals surface area contributed by atoms with Gasteiger partial charge in [0.25, 0.3) is 0 Å². The number of ether oxygens (including phenoxy) is 8. The van der Waals surface area contributed by atoms with Crippen molar-refractivity contribution < 1.29 is 57.7 Å². The van der Waals surface area contributed by atoms with Crippen LogP contribution in [0.2, 0.25) is 0 Å². The molecule has 5 atom stereocenters. The molecule has 0 spiro atoms. The molecule has 39 heavy (non-hydrogen) atoms. The topological polar surface area (TPSA) is 148 Å². The highest BCUT2D eigenvalue weighted by Crippen LogP contribution is 2.34. The van der Waals surface area contributed by atoms with Crippen LogP contribution < -0.4 is 18.9 Å². The molecule has 0 amide bonds. The van der Waals surface area contributed by atoms with E-state index in [9.17, 15) is 19.8 Å². The Morgan fingerprint density at radius 3 is 2.00 bits per heavy atom. The fourth-order valence-electron chi connectivity index (χ4n) is 4.11. The number of aliphatic hydroxyl groups is 2. The number of hydrogen-bond acceptors (Lipinski definition) is 12. The monoisotopic (exact) mass is 542 g/mol. The van der Waals surface area contributed by atoms with E-state index in [4.69, 9.17) is 37.9 Å². The molecule has 0 radical (unpaired) electrons. The molecular weight excluding hydrogens is 516 g/mol. The van der Waals surface area contributed by atoms with Crippen molar-refractivity contribution in [3.8, 4) is 23.0 Å². The first-order valence-corrected chi connectivity index (χ1v) is 12.0. The van der Waals surface area contributed by atoms with E-state index in [1.165, 1.54) is 25.3 Å². The Morgan fingerprint density at radius 1 is 0.846 bits per heavy atom. The van der Waals surface area contributed by atoms with Crippen LogP contribution in [-0.2, 0) is 28.5 Å². The lowest BCUT2D eigenvalue weighted by atomic mass is 9.99. The van der Waals surface area contributed by atoms with Crippen LogP contribution in [0.4, 0.5) is 0 Å². The number of rotatable bonds is 8. The maximum Gasteiger partial charge on any atom is 0.331 e. The fourth-order valence-corrected chi connectivity index (χ4v) is 4.11. The highest BCUT2D eigenvalue weighted by molar-refractivity contribution is 5.88. The van der Waals surface area contributed by atoms with Gasteiger partial charge < -0.3 is 48.1 Å². The van der Waals surface area contributed by atoms with Crippen LogP contribution in [0.3, 0.4) is 0 Å². The molecule has 0 unspecified atom stereocenters. The lowest BCUT2D eigenvalue weighted by Crippen LogP contribution is -2.60. The number of hydrogen-bond donors (Lipinski definition) is 2. The molecule has 3 heterocycles. The Labute approximate surface area is 222 Å². The summed E-state index contributed by atoms with van der Waals surface area (Å²) in [5, 5.41) is 21.2. The number of carbonyl (C=O) groups is 2. The van der Waals surface area contributed by atoms with Gasteiger partial charge in [-0.3, -0.25) is 0 Å². The first kappa shape index (κ1) is 26.5. The van der Waals surface area contributed by atoms with Crippen molar-refractivity contribution in [3.63, 3.8) is 0 Å². The number of esters is 2. The minimum atomic E-state index is -1.57. The van der Waals surface area contributed by atoms with Crippen LogP contribution in [-0.4, -0.2) is 80.2 Å². The van der Waals surface area contributed by atoms with Gasteiger partial charge in [0.05, 0.1) is 0 Å². The summed E-state index contributed by atoms with van der Waals surface area (Å²) in [7, 11) is 1.29. The van der Waals surface area contributed by atoms with E-state index in [2.05, 4.69) is 0 Å². The van der Waals surface area contributed by atoms with Crippen LogP contribution in [0.15, 0.2) is 48.6 Å². The van der Waals surface area contributed by atoms with Crippen molar-refractivity contribution in [2.45, 2.75) is 30.7 Å². The average Bonchev–Trinajstić information content (AvgIpc) is 3.61. The van der Waals surface area contributed by atoms with E-state index >= 15 is 0 Å². The van der Waals surface area contributed by atoms with Gasteiger partial charge in [0.2, 0.25) is 13.6 Å². The second-order valence-electron chi connectivity index (χ2n) is 8.68. The van der Waals surface area contributed by atoms with Crippen LogP contribution in [0.25, 0.3) is 12.2 Å². The normalized spacial score (nSPS) is 25.3. The maximum atomic E-state index is 12.4. The Bertz CT molecular complexity index is 1270. The number of methoxy groups -OCH3 is 1. The van der Waals surface area contributed by atoms with Gasteiger partial charge in [-0.05, 0) is 47.5 Å². The van der Waals surface area contributed by atoms with E-state index in [-0.39, 0.29) is 20.2 Å². The molecule has 206 valence electrons. The first-order valence-electron chi connectivity index (χ1n) is 12.0. The van der Waals surface area contributed by atoms with Crippen LogP contribution in [0, 0.1) is 0 Å². The molecule has 3 aliphatic heterocycles. The zero-order valence-corrected chi connectivity index (χ0v) is 20.8. The Hall–Kier alpha value is -4.10. The van der Waals surface area contributed by atoms with Gasteiger partial charge in [0.1, 0.15) is 24.9 Å². The average molecular weight is 542 g/mol. The summed E-state index contributed by atoms with van der Waals surface area (Å²) < 4.78 is 42.4. The Morgan fingerprint density at radius 2 is 1.41 bits per heavy atom. The van der Waals surface area contributed by atoms with Crippen molar-refractivity contribution >= 4 is 24.1 Å². The molecule has 3 aliphatic rings. The highest BCUT2D eigenvalue weighted by Gasteiger charge is 2.47. The number of aliphatic hydroxyl groups excluding tert-OH is 2. The summed E-state index contributed by atoms with van der Waals surface area (Å²) in [6, 6.07) is 10.3. The second-order valence-corrected chi connectivity index (χ2v) is 8.68. The summed E-state index contributed by atoms with van der Waals surface area (Å²) in [4.78, 5) is 24.6. The standard InChI is InChI=1S/C27H26O12/c1-32-27-26(39-23(29)9-5-16-3-7-18-20(11-16)37-14-35-18)25(31)24(30)21(38-27)12-33-22(28)8-4-15-2-6-17-19(10-15)36-13-34-17/h2-11,21,24-27,30-31H,12-14H2,1H3/b8-4+,9-5+/t21-,24-,25+,26-,27+/m1/s1. The highest BCUT2D eigenvalue weighted by atomic mass is 16.7. The first-order chi connectivity index (χ1) is 18.9. The van der Waals surface area contributed by atoms with Gasteiger partial charge in [-0.1, -0.05) is 12.1 Å². The minimum absolute atomic E-state index is 0.128. The summed E-state index contributed by atoms with van der Waals surface area (Å²) >= 11 is 0. The molecule has 5 rings (SSSR count). The third-order valence-corrected chi connectivity index (χ3v) is 6.14. The molecule has 12 heteroatoms. The van der Waals surface area contributed by atoms with E-state index in [1.54, 1.807) is 36.4 Å². The van der Waals surface area contributed by atoms with Gasteiger partial charge in [-0.2, -0.15) is 0 Å². The maximum absolute atomic E-state index is 12.4. The lowest BCUT2D eigenvalue weighted by molar-refractivity contribution is -0.297. The molecule has 0 aromatic heterocycles. The lowest BCUT2D eigenvalue weighted by Gasteiger charge is -2.40. The zero-order valence-electron chi connectivity index (χ0n) is 20.8. The van der Waals surface area contributed by atoms with E-state index in [0.717, 1.165) is 6.08 Å². The van der Waals surface area contributed by atoms with Gasteiger partial charge in [0, 0.05) is 19.3 Å². The van der Waals surface area contributed by atoms with Crippen molar-refractivity contribution in [1.82, 2.24) is 0 Å². The fraction of sp³-hybridized carbons (Fsp3) is 0.333. The van der Waals surface area contributed by atoms with Gasteiger partial charge in [-0.15, -0.1) is 0 Å². The Balaban J connectivity index is 1.13. The molecule has 0 bridgehead atoms. The summed E-state index contributed by atoms with van der Waals surface area (Å²) in [5.74, 6) is 0.855. The third-order valence-electron chi connectivity index (χ3n) is 6.14. The SMILES string of the molecule is CO[C@H]1O[C@H](COC(=O)/C=C/c2ccc3c(c2)OCO3)[C@@H](O)[C@H](O)[C@H]1OC(=O)/C=C/c1ccc2c(c1)OCO2. The van der Waals surface area contributed by atoms with E-state index in [1.807, 2.05) is 0 Å². The second kappa shape index (κ2) is 11.7. The van der Waals surface area contributed by atoms with Crippen molar-refractivity contribution in [3.05, 3.63) is 59.7 Å². The molecule has 2 aromatic carbocycles. The van der Waals surface area contributed by atoms with E-state index in [0.29, 0.717) is 34.1 Å². The number of carbonyl (C=O) groups excluding carboxylic acids is 2. The predicted molar refractivity (Wildman–Crippen MR) is 132 cm³/mol. The zero-order chi connectivity index (χ0) is 27.4. The number of benzene rings is 2. The summed E-state index contributed by atoms with van der Waals surface area (Å²) in [6.45, 7) is -0.115. The van der Waals surface area contributed by atoms with E-state index < -0.39 is 42.6 Å². The summed E-state index contributed by atoms with van der Waals surface area (Å²) in [5.41, 5.74) is 1.35. The van der Waals surface area contributed by atoms with Crippen LogP contribution in [0.1, 0.15) is 11.1 Å². The molecule has 2 N–H and O–H groups in total. The minimum Gasteiger partial charge on any atom is -0.460 e. The molecule has 1 saturated heterocycles. The molecular formula is C27H26O12. The third kappa shape index (κ3) is 6.15. The molecule has 0 aliphatic carbocycles. The van der Waals surface area contributed by atoms with Crippen molar-refractivity contribution in [1.29, 1.82) is 0 Å². The molecule has 2 aromatic rings. The molecule has 12 nitrogen and oxygen atoms in total. The van der Waals surface area contributed by atoms with Gasteiger partial charge in [-0.25, -0.2) is 9.59 Å². The number of fused-ring (bicyclic) bond motifs is 2. The van der Waals surface area contributed by atoms with Crippen LogP contribution >= 0.6 is 0 Å². The summed E-state index contributed by atoms with van der Waals surface area (Å²) in [6.07, 6.45) is -1.41. The molecule has 0 saturated carbocycles.